The monoisotopic (exact) mass is 513 g/mol. The van der Waals surface area contributed by atoms with Crippen molar-refractivity contribution in [2.75, 3.05) is 11.9 Å². The van der Waals surface area contributed by atoms with Crippen molar-refractivity contribution in [1.82, 2.24) is 30.1 Å². The Labute approximate surface area is 214 Å². The van der Waals surface area contributed by atoms with Gasteiger partial charge in [-0.15, -0.1) is 12.4 Å². The number of aromatic nitrogens is 6. The van der Waals surface area contributed by atoms with Crippen LogP contribution in [0.1, 0.15) is 43.0 Å². The van der Waals surface area contributed by atoms with Crippen molar-refractivity contribution in [1.29, 1.82) is 0 Å². The zero-order chi connectivity index (χ0) is 23.5. The van der Waals surface area contributed by atoms with E-state index in [-0.39, 0.29) is 18.3 Å². The second-order valence-corrected chi connectivity index (χ2v) is 9.27. The third kappa shape index (κ3) is 5.87. The zero-order valence-corrected chi connectivity index (χ0v) is 20.8. The lowest BCUT2D eigenvalue weighted by Gasteiger charge is -2.26. The van der Waals surface area contributed by atoms with Crippen LogP contribution in [0.4, 0.5) is 5.95 Å². The highest BCUT2D eigenvalue weighted by Crippen LogP contribution is 2.26. The van der Waals surface area contributed by atoms with Crippen molar-refractivity contribution >= 4 is 41.0 Å². The Morgan fingerprint density at radius 3 is 2.71 bits per heavy atom. The molecule has 0 spiro atoms. The summed E-state index contributed by atoms with van der Waals surface area (Å²) >= 11 is 6.16. The number of halogens is 2. The number of hydrogen-bond acceptors (Lipinski definition) is 8. The summed E-state index contributed by atoms with van der Waals surface area (Å²) in [5, 5.41) is 12.4. The van der Waals surface area contributed by atoms with Gasteiger partial charge in [0.15, 0.2) is 5.65 Å². The number of hydrogen-bond donors (Lipinski definition) is 4. The minimum absolute atomic E-state index is 0. The molecule has 0 aliphatic heterocycles. The third-order valence-corrected chi connectivity index (χ3v) is 6.65. The fourth-order valence-corrected chi connectivity index (χ4v) is 4.67. The Morgan fingerprint density at radius 1 is 1.11 bits per heavy atom. The van der Waals surface area contributed by atoms with Crippen LogP contribution >= 0.6 is 24.0 Å². The maximum absolute atomic E-state index is 6.16. The molecule has 5 rings (SSSR count). The Hall–Kier alpha value is -2.85. The van der Waals surface area contributed by atoms with Gasteiger partial charge in [0.2, 0.25) is 5.95 Å². The van der Waals surface area contributed by atoms with Gasteiger partial charge in [-0.2, -0.15) is 10.1 Å². The second-order valence-electron chi connectivity index (χ2n) is 8.84. The molecule has 35 heavy (non-hydrogen) atoms. The molecule has 1 aliphatic rings. The van der Waals surface area contributed by atoms with Crippen molar-refractivity contribution in [2.24, 2.45) is 11.5 Å². The van der Waals surface area contributed by atoms with Crippen molar-refractivity contribution in [3.8, 4) is 11.4 Å². The summed E-state index contributed by atoms with van der Waals surface area (Å²) < 4.78 is 0. The summed E-state index contributed by atoms with van der Waals surface area (Å²) in [6.07, 6.45) is 8.23. The van der Waals surface area contributed by atoms with Crippen LogP contribution in [0.2, 0.25) is 5.02 Å². The fraction of sp³-hybridized carbons (Fsp3) is 0.375. The summed E-state index contributed by atoms with van der Waals surface area (Å²) in [4.78, 5) is 18.4. The van der Waals surface area contributed by atoms with Crippen LogP contribution in [0.5, 0.6) is 0 Å². The molecule has 0 radical (unpaired) electrons. The normalized spacial score (nSPS) is 18.7. The van der Waals surface area contributed by atoms with Crippen molar-refractivity contribution in [3.63, 3.8) is 0 Å². The summed E-state index contributed by atoms with van der Waals surface area (Å²) in [7, 11) is 0. The molecule has 0 saturated heterocycles. The van der Waals surface area contributed by atoms with Crippen molar-refractivity contribution < 1.29 is 0 Å². The van der Waals surface area contributed by atoms with E-state index in [0.717, 1.165) is 48.0 Å². The zero-order valence-electron chi connectivity index (χ0n) is 19.2. The fourth-order valence-electron chi connectivity index (χ4n) is 4.47. The average Bonchev–Trinajstić information content (AvgIpc) is 3.27. The molecule has 3 heterocycles. The first-order chi connectivity index (χ1) is 16.6. The van der Waals surface area contributed by atoms with Crippen LogP contribution in [-0.4, -0.2) is 48.8 Å². The number of benzene rings is 1. The Morgan fingerprint density at radius 2 is 1.94 bits per heavy atom. The predicted molar refractivity (Wildman–Crippen MR) is 141 cm³/mol. The quantitative estimate of drug-likeness (QED) is 0.291. The average molecular weight is 514 g/mol. The van der Waals surface area contributed by atoms with E-state index < -0.39 is 0 Å². The Kier molecular flexibility index (Phi) is 8.12. The molecule has 6 N–H and O–H groups in total. The molecule has 1 aromatic carbocycles. The maximum atomic E-state index is 6.16. The molecule has 1 unspecified atom stereocenters. The van der Waals surface area contributed by atoms with E-state index in [1.807, 2.05) is 30.3 Å². The molecular formula is C24H29Cl2N9. The summed E-state index contributed by atoms with van der Waals surface area (Å²) in [6, 6.07) is 10.3. The number of nitrogens with one attached hydrogen (secondary N) is 2. The van der Waals surface area contributed by atoms with Crippen molar-refractivity contribution in [3.05, 3.63) is 59.1 Å². The highest BCUT2D eigenvalue weighted by molar-refractivity contribution is 6.30. The largest absolute Gasteiger partial charge is 0.351 e. The first-order valence-corrected chi connectivity index (χ1v) is 12.0. The lowest BCUT2D eigenvalue weighted by atomic mass is 9.92. The van der Waals surface area contributed by atoms with E-state index >= 15 is 0 Å². The van der Waals surface area contributed by atoms with Crippen LogP contribution in [0.3, 0.4) is 0 Å². The van der Waals surface area contributed by atoms with Crippen molar-refractivity contribution in [2.45, 2.75) is 50.1 Å². The molecule has 1 atom stereocenters. The highest BCUT2D eigenvalue weighted by atomic mass is 35.5. The van der Waals surface area contributed by atoms with Gasteiger partial charge in [-0.05, 0) is 56.0 Å². The van der Waals surface area contributed by atoms with Gasteiger partial charge in [-0.3, -0.25) is 5.10 Å². The van der Waals surface area contributed by atoms with Gasteiger partial charge < -0.3 is 16.8 Å². The lowest BCUT2D eigenvalue weighted by molar-refractivity contribution is 0.410. The van der Waals surface area contributed by atoms with E-state index in [2.05, 4.69) is 30.5 Å². The van der Waals surface area contributed by atoms with Crippen LogP contribution in [0.25, 0.3) is 22.4 Å². The smallest absolute Gasteiger partial charge is 0.224 e. The van der Waals surface area contributed by atoms with Gasteiger partial charge >= 0.3 is 0 Å². The Balaban J connectivity index is 0.00000289. The van der Waals surface area contributed by atoms with Gasteiger partial charge in [0.25, 0.3) is 0 Å². The molecule has 1 aliphatic carbocycles. The maximum Gasteiger partial charge on any atom is 0.224 e. The number of aromatic amines is 1. The van der Waals surface area contributed by atoms with E-state index in [1.165, 1.54) is 0 Å². The molecule has 4 aromatic rings. The van der Waals surface area contributed by atoms with Gasteiger partial charge in [0.1, 0.15) is 5.82 Å². The Bertz CT molecular complexity index is 1270. The molecule has 0 bridgehead atoms. The second kappa shape index (κ2) is 11.3. The number of nitrogens with two attached hydrogens (primary N) is 2. The molecule has 1 fully saturated rings. The summed E-state index contributed by atoms with van der Waals surface area (Å²) in [5.41, 5.74) is 15.2. The molecule has 1 saturated carbocycles. The summed E-state index contributed by atoms with van der Waals surface area (Å²) in [6.45, 7) is 0.470. The highest BCUT2D eigenvalue weighted by Gasteiger charge is 2.20. The molecule has 0 amide bonds. The SMILES string of the molecule is Cl.NCC(Cc1nccc(-c2[nH]nc3nc(NC4CCC(N)CC4)ncc23)n1)c1cccc(Cl)c1. The first kappa shape index (κ1) is 25.2. The van der Waals surface area contributed by atoms with Crippen LogP contribution in [-0.2, 0) is 6.42 Å². The minimum Gasteiger partial charge on any atom is -0.351 e. The van der Waals surface area contributed by atoms with E-state index in [9.17, 15) is 0 Å². The number of fused-ring (bicyclic) bond motifs is 1. The van der Waals surface area contributed by atoms with Crippen LogP contribution in [0, 0.1) is 0 Å². The molecule has 9 nitrogen and oxygen atoms in total. The predicted octanol–water partition coefficient (Wildman–Crippen LogP) is 3.85. The third-order valence-electron chi connectivity index (χ3n) is 6.41. The molecule has 184 valence electrons. The molecule has 11 heteroatoms. The number of H-pyrrole nitrogens is 1. The number of anilines is 1. The van der Waals surface area contributed by atoms with E-state index in [0.29, 0.717) is 47.5 Å². The van der Waals surface area contributed by atoms with E-state index in [4.69, 9.17) is 28.1 Å². The van der Waals surface area contributed by atoms with E-state index in [1.54, 1.807) is 12.4 Å². The van der Waals surface area contributed by atoms with Gasteiger partial charge in [-0.25, -0.2) is 15.0 Å². The van der Waals surface area contributed by atoms with Crippen LogP contribution < -0.4 is 16.8 Å². The van der Waals surface area contributed by atoms with Crippen LogP contribution in [0.15, 0.2) is 42.7 Å². The minimum atomic E-state index is 0. The van der Waals surface area contributed by atoms with Gasteiger partial charge in [0, 0.05) is 41.8 Å². The lowest BCUT2D eigenvalue weighted by Crippen LogP contribution is -2.33. The van der Waals surface area contributed by atoms with Gasteiger partial charge in [0.05, 0.1) is 16.8 Å². The summed E-state index contributed by atoms with van der Waals surface area (Å²) in [5.74, 6) is 1.35. The number of nitrogens with zero attached hydrogens (tertiary/aromatic N) is 5. The first-order valence-electron chi connectivity index (χ1n) is 11.6. The number of rotatable bonds is 7. The standard InChI is InChI=1S/C24H28ClN9.ClH/c25-16-3-1-2-14(10-16)15(12-26)11-21-28-9-8-20(31-21)22-19-13-29-24(32-23(19)34-33-22)30-18-6-4-17(27)5-7-18;/h1-3,8-10,13,15,17-18H,4-7,11-12,26-27H2,(H2,29,30,32,33,34);1H. The van der Waals surface area contributed by atoms with Gasteiger partial charge in [-0.1, -0.05) is 23.7 Å². The topological polar surface area (TPSA) is 144 Å². The molecule has 3 aromatic heterocycles. The molecular weight excluding hydrogens is 485 g/mol.